The Labute approximate surface area is 151 Å². The van der Waals surface area contributed by atoms with Gasteiger partial charge in [-0.05, 0) is 36.9 Å². The minimum Gasteiger partial charge on any atom is -0.497 e. The average Bonchev–Trinajstić information content (AvgIpc) is 3.00. The van der Waals surface area contributed by atoms with Gasteiger partial charge in [-0.15, -0.1) is 0 Å². The topological polar surface area (TPSA) is 78.5 Å². The Kier molecular flexibility index (Phi) is 5.20. The number of carbonyl (C=O) groups is 1. The van der Waals surface area contributed by atoms with Crippen molar-refractivity contribution in [2.24, 2.45) is 0 Å². The molecule has 6 nitrogen and oxygen atoms in total. The molecule has 0 radical (unpaired) electrons. The number of fused-ring (bicyclic) bond motifs is 1. The van der Waals surface area contributed by atoms with Crippen LogP contribution in [-0.2, 0) is 11.3 Å². The molecule has 3 aromatic rings. The van der Waals surface area contributed by atoms with Gasteiger partial charge in [0.2, 0.25) is 11.7 Å². The molecule has 1 amide bonds. The Bertz CT molecular complexity index is 955. The zero-order valence-electron chi connectivity index (χ0n) is 14.7. The molecule has 3 rings (SSSR count). The quantitative estimate of drug-likeness (QED) is 0.738. The molecule has 0 unspecified atom stereocenters. The van der Waals surface area contributed by atoms with Crippen LogP contribution in [-0.4, -0.2) is 31.5 Å². The Balaban J connectivity index is 1.66. The third-order valence-corrected chi connectivity index (χ3v) is 3.99. The van der Waals surface area contributed by atoms with Crippen LogP contribution in [0.4, 0.5) is 5.69 Å². The zero-order valence-corrected chi connectivity index (χ0v) is 14.7. The fourth-order valence-electron chi connectivity index (χ4n) is 2.77. The predicted molar refractivity (Wildman–Crippen MR) is 98.9 cm³/mol. The van der Waals surface area contributed by atoms with Crippen LogP contribution >= 0.6 is 0 Å². The van der Waals surface area contributed by atoms with Crippen molar-refractivity contribution in [1.29, 1.82) is 5.26 Å². The molecule has 1 N–H and O–H groups in total. The number of hydrogen-bond donors (Lipinski definition) is 1. The third kappa shape index (κ3) is 3.85. The van der Waals surface area contributed by atoms with Crippen molar-refractivity contribution >= 4 is 22.6 Å². The maximum atomic E-state index is 12.4. The van der Waals surface area contributed by atoms with Gasteiger partial charge >= 0.3 is 0 Å². The summed E-state index contributed by atoms with van der Waals surface area (Å²) in [5, 5.41) is 12.8. The van der Waals surface area contributed by atoms with Crippen LogP contribution in [0.1, 0.15) is 11.3 Å². The summed E-state index contributed by atoms with van der Waals surface area (Å²) in [6.07, 6.45) is 0. The maximum Gasteiger partial charge on any atom is 0.238 e. The van der Waals surface area contributed by atoms with Gasteiger partial charge < -0.3 is 14.5 Å². The normalized spacial score (nSPS) is 10.7. The molecule has 132 valence electrons. The first-order chi connectivity index (χ1) is 12.6. The van der Waals surface area contributed by atoms with E-state index in [4.69, 9.17) is 9.15 Å². The second-order valence-electron chi connectivity index (χ2n) is 5.98. The molecule has 2 aromatic carbocycles. The summed E-state index contributed by atoms with van der Waals surface area (Å²) in [5.74, 6) is 0.700. The van der Waals surface area contributed by atoms with E-state index < -0.39 is 0 Å². The second-order valence-corrected chi connectivity index (χ2v) is 5.98. The van der Waals surface area contributed by atoms with Gasteiger partial charge in [-0.1, -0.05) is 24.3 Å². The van der Waals surface area contributed by atoms with E-state index in [1.807, 2.05) is 60.5 Å². The fraction of sp³-hybridized carbons (Fsp3) is 0.200. The summed E-state index contributed by atoms with van der Waals surface area (Å²) in [6, 6.07) is 16.9. The highest BCUT2D eigenvalue weighted by molar-refractivity contribution is 6.03. The van der Waals surface area contributed by atoms with Gasteiger partial charge in [0.1, 0.15) is 23.1 Å². The van der Waals surface area contributed by atoms with Gasteiger partial charge in [-0.3, -0.25) is 9.69 Å². The Morgan fingerprint density at radius 1 is 1.23 bits per heavy atom. The molecular formula is C20H19N3O3. The van der Waals surface area contributed by atoms with Gasteiger partial charge in [0.25, 0.3) is 0 Å². The first-order valence-corrected chi connectivity index (χ1v) is 8.13. The number of likely N-dealkylation sites (N-methyl/N-ethyl adjacent to an activating group) is 1. The number of hydrogen-bond acceptors (Lipinski definition) is 5. The van der Waals surface area contributed by atoms with Crippen molar-refractivity contribution in [3.05, 3.63) is 59.9 Å². The molecule has 0 aliphatic heterocycles. The number of anilines is 1. The van der Waals surface area contributed by atoms with E-state index >= 15 is 0 Å². The van der Waals surface area contributed by atoms with Gasteiger partial charge in [0.15, 0.2) is 0 Å². The molecular weight excluding hydrogens is 330 g/mol. The molecule has 0 atom stereocenters. The number of benzene rings is 2. The highest BCUT2D eigenvalue weighted by Gasteiger charge is 2.17. The van der Waals surface area contributed by atoms with E-state index in [1.165, 1.54) is 0 Å². The number of para-hydroxylation sites is 1. The van der Waals surface area contributed by atoms with E-state index in [1.54, 1.807) is 13.2 Å². The van der Waals surface area contributed by atoms with Crippen molar-refractivity contribution in [3.8, 4) is 11.8 Å². The van der Waals surface area contributed by atoms with Crippen LogP contribution in [0.2, 0.25) is 0 Å². The minimum atomic E-state index is -0.205. The number of rotatable bonds is 6. The van der Waals surface area contributed by atoms with Gasteiger partial charge in [0.05, 0.1) is 13.7 Å². The lowest BCUT2D eigenvalue weighted by Crippen LogP contribution is -2.29. The van der Waals surface area contributed by atoms with Crippen molar-refractivity contribution in [2.75, 3.05) is 26.0 Å². The summed E-state index contributed by atoms with van der Waals surface area (Å²) < 4.78 is 10.6. The maximum absolute atomic E-state index is 12.4. The zero-order chi connectivity index (χ0) is 18.5. The second kappa shape index (κ2) is 7.72. The predicted octanol–water partition coefficient (Wildman–Crippen LogP) is 3.38. The van der Waals surface area contributed by atoms with Crippen molar-refractivity contribution in [1.82, 2.24) is 4.90 Å². The molecule has 0 bridgehead atoms. The Morgan fingerprint density at radius 2 is 1.96 bits per heavy atom. The van der Waals surface area contributed by atoms with E-state index in [2.05, 4.69) is 5.32 Å². The number of nitrogens with zero attached hydrogens (tertiary/aromatic N) is 2. The average molecular weight is 349 g/mol. The molecule has 0 aliphatic rings. The highest BCUT2D eigenvalue weighted by atomic mass is 16.5. The highest BCUT2D eigenvalue weighted by Crippen LogP contribution is 2.30. The van der Waals surface area contributed by atoms with Gasteiger partial charge in [0, 0.05) is 11.9 Å². The van der Waals surface area contributed by atoms with Crippen LogP contribution in [0.5, 0.6) is 5.75 Å². The van der Waals surface area contributed by atoms with E-state index in [0.717, 1.165) is 16.7 Å². The van der Waals surface area contributed by atoms with E-state index in [-0.39, 0.29) is 18.2 Å². The number of methoxy groups -OCH3 is 1. The van der Waals surface area contributed by atoms with E-state index in [9.17, 15) is 10.1 Å². The number of ether oxygens (including phenoxy) is 1. The molecule has 1 aromatic heterocycles. The van der Waals surface area contributed by atoms with Crippen LogP contribution < -0.4 is 10.1 Å². The molecule has 0 fully saturated rings. The molecule has 0 spiro atoms. The lowest BCUT2D eigenvalue weighted by molar-refractivity contribution is -0.117. The summed E-state index contributed by atoms with van der Waals surface area (Å²) >= 11 is 0. The number of amides is 1. The van der Waals surface area contributed by atoms with Crippen LogP contribution in [0.3, 0.4) is 0 Å². The first kappa shape index (κ1) is 17.5. The van der Waals surface area contributed by atoms with Crippen molar-refractivity contribution < 1.29 is 13.9 Å². The first-order valence-electron chi connectivity index (χ1n) is 8.13. The molecule has 0 aliphatic carbocycles. The minimum absolute atomic E-state index is 0.109. The molecule has 26 heavy (non-hydrogen) atoms. The smallest absolute Gasteiger partial charge is 0.238 e. The van der Waals surface area contributed by atoms with E-state index in [0.29, 0.717) is 17.8 Å². The molecule has 1 heterocycles. The molecule has 0 saturated carbocycles. The lowest BCUT2D eigenvalue weighted by atomic mass is 10.2. The van der Waals surface area contributed by atoms with Crippen LogP contribution in [0.15, 0.2) is 52.9 Å². The third-order valence-electron chi connectivity index (χ3n) is 3.99. The Hall–Kier alpha value is -3.30. The van der Waals surface area contributed by atoms with Gasteiger partial charge in [-0.25, -0.2) is 0 Å². The number of carbonyl (C=O) groups excluding carboxylic acids is 1. The number of nitriles is 1. The number of furan rings is 1. The van der Waals surface area contributed by atoms with Crippen molar-refractivity contribution in [2.45, 2.75) is 6.54 Å². The summed E-state index contributed by atoms with van der Waals surface area (Å²) in [5.41, 5.74) is 2.07. The monoisotopic (exact) mass is 349 g/mol. The lowest BCUT2D eigenvalue weighted by Gasteiger charge is -2.16. The standard InChI is InChI=1S/C20H19N3O3/c1-23(12-14-7-9-15(25-2)10-8-14)13-19(24)22-20-16-5-3-4-6-17(16)26-18(20)11-21/h3-10H,12-13H2,1-2H3,(H,22,24). The summed E-state index contributed by atoms with van der Waals surface area (Å²) in [6.45, 7) is 0.811. The fourth-order valence-corrected chi connectivity index (χ4v) is 2.77. The van der Waals surface area contributed by atoms with Gasteiger partial charge in [-0.2, -0.15) is 5.26 Å². The summed E-state index contributed by atoms with van der Waals surface area (Å²) in [4.78, 5) is 14.3. The Morgan fingerprint density at radius 3 is 2.65 bits per heavy atom. The van der Waals surface area contributed by atoms with Crippen LogP contribution in [0, 0.1) is 11.3 Å². The molecule has 0 saturated heterocycles. The SMILES string of the molecule is COc1ccc(CN(C)CC(=O)Nc2c(C#N)oc3ccccc23)cc1. The number of nitrogens with one attached hydrogen (secondary N) is 1. The molecule has 6 heteroatoms. The largest absolute Gasteiger partial charge is 0.497 e. The summed E-state index contributed by atoms with van der Waals surface area (Å²) in [7, 11) is 3.49. The van der Waals surface area contributed by atoms with Crippen LogP contribution in [0.25, 0.3) is 11.0 Å². The van der Waals surface area contributed by atoms with Crippen molar-refractivity contribution in [3.63, 3.8) is 0 Å².